The first kappa shape index (κ1) is 16.8. The van der Waals surface area contributed by atoms with Crippen molar-refractivity contribution in [2.45, 2.75) is 31.3 Å². The van der Waals surface area contributed by atoms with E-state index in [9.17, 15) is 9.59 Å². The summed E-state index contributed by atoms with van der Waals surface area (Å²) in [4.78, 5) is 28.6. The predicted molar refractivity (Wildman–Crippen MR) is 92.9 cm³/mol. The van der Waals surface area contributed by atoms with Crippen molar-refractivity contribution in [3.05, 3.63) is 35.9 Å². The van der Waals surface area contributed by atoms with Crippen molar-refractivity contribution in [2.24, 2.45) is 0 Å². The highest BCUT2D eigenvalue weighted by molar-refractivity contribution is 5.94. The van der Waals surface area contributed by atoms with Crippen LogP contribution < -0.4 is 10.6 Å². The Hall–Kier alpha value is -2.08. The highest BCUT2D eigenvalue weighted by atomic mass is 16.2. The zero-order chi connectivity index (χ0) is 16.9. The summed E-state index contributed by atoms with van der Waals surface area (Å²) in [6.07, 6.45) is 3.48. The lowest BCUT2D eigenvalue weighted by atomic mass is 10.1. The molecule has 0 saturated carbocycles. The first-order chi connectivity index (χ1) is 11.6. The van der Waals surface area contributed by atoms with Crippen LogP contribution in [-0.2, 0) is 0 Å². The Morgan fingerprint density at radius 3 is 2.54 bits per heavy atom. The lowest BCUT2D eigenvalue weighted by molar-refractivity contribution is 0.0953. The fraction of sp³-hybridized carbons (Fsp3) is 0.556. The van der Waals surface area contributed by atoms with E-state index in [1.54, 1.807) is 12.1 Å². The SMILES string of the molecule is CN1[C@H]2CC[C@H]1CN(C(=O)NCCNC(=O)c1ccccc1)CC2. The number of carbonyl (C=O) groups excluding carboxylic acids is 2. The van der Waals surface area contributed by atoms with Crippen LogP contribution in [0.2, 0.25) is 0 Å². The van der Waals surface area contributed by atoms with E-state index < -0.39 is 0 Å². The smallest absolute Gasteiger partial charge is 0.317 e. The van der Waals surface area contributed by atoms with Gasteiger partial charge in [-0.2, -0.15) is 0 Å². The second kappa shape index (κ2) is 7.66. The molecule has 0 aliphatic carbocycles. The number of nitrogens with zero attached hydrogens (tertiary/aromatic N) is 2. The summed E-state index contributed by atoms with van der Waals surface area (Å²) in [5.74, 6) is -0.112. The third-order valence-electron chi connectivity index (χ3n) is 5.16. The summed E-state index contributed by atoms with van der Waals surface area (Å²) < 4.78 is 0. The minimum absolute atomic E-state index is 0.0232. The standard InChI is InChI=1S/C18H26N4O2/c1-21-15-7-8-16(21)13-22(12-9-15)18(24)20-11-10-19-17(23)14-5-3-2-4-6-14/h2-6,15-16H,7-13H2,1H3,(H,19,23)(H,20,24)/t15-,16-/m0/s1. The molecule has 3 amide bonds. The third-order valence-corrected chi connectivity index (χ3v) is 5.16. The first-order valence-corrected chi connectivity index (χ1v) is 8.73. The molecule has 2 atom stereocenters. The van der Waals surface area contributed by atoms with E-state index in [4.69, 9.17) is 0 Å². The van der Waals surface area contributed by atoms with Crippen LogP contribution in [0.3, 0.4) is 0 Å². The molecule has 1 aromatic carbocycles. The van der Waals surface area contributed by atoms with Gasteiger partial charge < -0.3 is 15.5 Å². The van der Waals surface area contributed by atoms with Gasteiger partial charge in [-0.1, -0.05) is 18.2 Å². The van der Waals surface area contributed by atoms with Gasteiger partial charge in [-0.05, 0) is 38.4 Å². The van der Waals surface area contributed by atoms with Crippen LogP contribution in [0.5, 0.6) is 0 Å². The van der Waals surface area contributed by atoms with Gasteiger partial charge in [0.25, 0.3) is 5.91 Å². The molecular formula is C18H26N4O2. The number of urea groups is 1. The maximum absolute atomic E-state index is 12.3. The number of likely N-dealkylation sites (tertiary alicyclic amines) is 1. The molecule has 2 aliphatic heterocycles. The van der Waals surface area contributed by atoms with E-state index in [-0.39, 0.29) is 11.9 Å². The Morgan fingerprint density at radius 2 is 1.75 bits per heavy atom. The molecule has 24 heavy (non-hydrogen) atoms. The van der Waals surface area contributed by atoms with Gasteiger partial charge >= 0.3 is 6.03 Å². The van der Waals surface area contributed by atoms with Gasteiger partial charge in [-0.25, -0.2) is 4.79 Å². The summed E-state index contributed by atoms with van der Waals surface area (Å²) >= 11 is 0. The van der Waals surface area contributed by atoms with Gasteiger partial charge in [0, 0.05) is 43.8 Å². The second-order valence-corrected chi connectivity index (χ2v) is 6.64. The Bertz CT molecular complexity index is 578. The van der Waals surface area contributed by atoms with Gasteiger partial charge in [-0.3, -0.25) is 9.69 Å². The number of rotatable bonds is 4. The van der Waals surface area contributed by atoms with Crippen molar-refractivity contribution in [1.29, 1.82) is 0 Å². The van der Waals surface area contributed by atoms with Crippen LogP contribution in [0.1, 0.15) is 29.6 Å². The summed E-state index contributed by atoms with van der Waals surface area (Å²) in [6.45, 7) is 2.49. The van der Waals surface area contributed by atoms with Crippen LogP contribution in [0.15, 0.2) is 30.3 Å². The van der Waals surface area contributed by atoms with Gasteiger partial charge in [0.2, 0.25) is 0 Å². The highest BCUT2D eigenvalue weighted by Gasteiger charge is 2.35. The first-order valence-electron chi connectivity index (χ1n) is 8.73. The van der Waals surface area contributed by atoms with Gasteiger partial charge in [0.1, 0.15) is 0 Å². The minimum atomic E-state index is -0.112. The Kier molecular flexibility index (Phi) is 5.35. The van der Waals surface area contributed by atoms with E-state index >= 15 is 0 Å². The van der Waals surface area contributed by atoms with Crippen molar-refractivity contribution < 1.29 is 9.59 Å². The maximum Gasteiger partial charge on any atom is 0.317 e. The number of nitrogens with one attached hydrogen (secondary N) is 2. The van der Waals surface area contributed by atoms with Crippen LogP contribution >= 0.6 is 0 Å². The monoisotopic (exact) mass is 330 g/mol. The maximum atomic E-state index is 12.3. The molecule has 130 valence electrons. The molecule has 2 fully saturated rings. The van der Waals surface area contributed by atoms with Crippen LogP contribution in [0.4, 0.5) is 4.79 Å². The van der Waals surface area contributed by atoms with E-state index in [0.29, 0.717) is 30.7 Å². The molecule has 2 bridgehead atoms. The van der Waals surface area contributed by atoms with Crippen molar-refractivity contribution in [3.63, 3.8) is 0 Å². The fourth-order valence-electron chi connectivity index (χ4n) is 3.64. The molecule has 0 unspecified atom stereocenters. The van der Waals surface area contributed by atoms with E-state index in [1.165, 1.54) is 12.8 Å². The highest BCUT2D eigenvalue weighted by Crippen LogP contribution is 2.28. The van der Waals surface area contributed by atoms with Crippen molar-refractivity contribution in [1.82, 2.24) is 20.4 Å². The number of amides is 3. The molecule has 6 heteroatoms. The zero-order valence-electron chi connectivity index (χ0n) is 14.2. The van der Waals surface area contributed by atoms with Crippen molar-refractivity contribution in [2.75, 3.05) is 33.2 Å². The quantitative estimate of drug-likeness (QED) is 0.818. The molecule has 1 aromatic rings. The lowest BCUT2D eigenvalue weighted by Gasteiger charge is -2.26. The number of hydrogen-bond acceptors (Lipinski definition) is 3. The Labute approximate surface area is 143 Å². The molecule has 2 N–H and O–H groups in total. The number of hydrogen-bond donors (Lipinski definition) is 2. The molecule has 2 heterocycles. The summed E-state index contributed by atoms with van der Waals surface area (Å²) in [5, 5.41) is 5.74. The average molecular weight is 330 g/mol. The summed E-state index contributed by atoms with van der Waals surface area (Å²) in [5.41, 5.74) is 0.635. The van der Waals surface area contributed by atoms with E-state index in [1.807, 2.05) is 23.1 Å². The van der Waals surface area contributed by atoms with Gasteiger partial charge in [-0.15, -0.1) is 0 Å². The van der Waals surface area contributed by atoms with Crippen molar-refractivity contribution >= 4 is 11.9 Å². The number of carbonyl (C=O) groups is 2. The van der Waals surface area contributed by atoms with Crippen LogP contribution in [0.25, 0.3) is 0 Å². The Balaban J connectivity index is 1.39. The van der Waals surface area contributed by atoms with Gasteiger partial charge in [0.15, 0.2) is 0 Å². The normalized spacial score (nSPS) is 23.6. The number of likely N-dealkylation sites (N-methyl/N-ethyl adjacent to an activating group) is 1. The molecule has 3 rings (SSSR count). The third kappa shape index (κ3) is 3.87. The largest absolute Gasteiger partial charge is 0.350 e. The molecule has 6 nitrogen and oxygen atoms in total. The molecule has 0 radical (unpaired) electrons. The lowest BCUT2D eigenvalue weighted by Crippen LogP contribution is -2.46. The van der Waals surface area contributed by atoms with Gasteiger partial charge in [0.05, 0.1) is 0 Å². The number of fused-ring (bicyclic) bond motifs is 2. The summed E-state index contributed by atoms with van der Waals surface area (Å²) in [6, 6.07) is 10.2. The molecule has 0 aromatic heterocycles. The summed E-state index contributed by atoms with van der Waals surface area (Å²) in [7, 11) is 2.17. The van der Waals surface area contributed by atoms with Crippen LogP contribution in [-0.4, -0.2) is 67.0 Å². The zero-order valence-corrected chi connectivity index (χ0v) is 14.2. The number of benzene rings is 1. The van der Waals surface area contributed by atoms with E-state index in [2.05, 4.69) is 22.6 Å². The van der Waals surface area contributed by atoms with Crippen molar-refractivity contribution in [3.8, 4) is 0 Å². The van der Waals surface area contributed by atoms with Crippen LogP contribution in [0, 0.1) is 0 Å². The second-order valence-electron chi connectivity index (χ2n) is 6.64. The molecule has 2 aliphatic rings. The minimum Gasteiger partial charge on any atom is -0.350 e. The predicted octanol–water partition coefficient (Wildman–Crippen LogP) is 1.29. The van der Waals surface area contributed by atoms with E-state index in [0.717, 1.165) is 19.5 Å². The fourth-order valence-corrected chi connectivity index (χ4v) is 3.64. The molecular weight excluding hydrogens is 304 g/mol. The topological polar surface area (TPSA) is 64.7 Å². The average Bonchev–Trinajstić information content (AvgIpc) is 2.84. The Morgan fingerprint density at radius 1 is 1.04 bits per heavy atom. The molecule has 2 saturated heterocycles. The molecule has 0 spiro atoms.